The van der Waals surface area contributed by atoms with Gasteiger partial charge in [0.1, 0.15) is 6.04 Å². The summed E-state index contributed by atoms with van der Waals surface area (Å²) in [5.41, 5.74) is 1.71. The van der Waals surface area contributed by atoms with Crippen molar-refractivity contribution in [2.75, 3.05) is 12.3 Å². The summed E-state index contributed by atoms with van der Waals surface area (Å²) in [6, 6.07) is 12.0. The zero-order valence-corrected chi connectivity index (χ0v) is 20.0. The van der Waals surface area contributed by atoms with Gasteiger partial charge in [-0.1, -0.05) is 66.0 Å². The first kappa shape index (κ1) is 24.9. The van der Waals surface area contributed by atoms with Gasteiger partial charge in [0.2, 0.25) is 11.8 Å². The quantitative estimate of drug-likeness (QED) is 0.459. The van der Waals surface area contributed by atoms with Crippen LogP contribution in [0.25, 0.3) is 0 Å². The van der Waals surface area contributed by atoms with Gasteiger partial charge in [-0.2, -0.15) is 0 Å². The van der Waals surface area contributed by atoms with E-state index in [0.717, 1.165) is 17.5 Å². The van der Waals surface area contributed by atoms with Gasteiger partial charge in [-0.25, -0.2) is 0 Å². The minimum absolute atomic E-state index is 0.135. The maximum absolute atomic E-state index is 13.0. The molecule has 8 heteroatoms. The van der Waals surface area contributed by atoms with Crippen molar-refractivity contribution in [1.82, 2.24) is 10.2 Å². The molecule has 0 heterocycles. The average Bonchev–Trinajstić information content (AvgIpc) is 2.72. The molecule has 1 N–H and O–H groups in total. The van der Waals surface area contributed by atoms with Crippen molar-refractivity contribution in [3.8, 4) is 0 Å². The Hall–Kier alpha value is -1.40. The van der Waals surface area contributed by atoms with Crippen LogP contribution in [0.15, 0.2) is 42.5 Å². The van der Waals surface area contributed by atoms with Crippen LogP contribution in [0.3, 0.4) is 0 Å². The van der Waals surface area contributed by atoms with Crippen molar-refractivity contribution in [2.45, 2.75) is 38.6 Å². The normalized spacial score (nSPS) is 11.8. The zero-order valence-electron chi connectivity index (χ0n) is 17.0. The van der Waals surface area contributed by atoms with E-state index in [-0.39, 0.29) is 24.1 Å². The highest BCUT2D eigenvalue weighted by Crippen LogP contribution is 2.25. The van der Waals surface area contributed by atoms with Gasteiger partial charge >= 0.3 is 0 Å². The van der Waals surface area contributed by atoms with Gasteiger partial charge in [0.25, 0.3) is 0 Å². The second-order valence-corrected chi connectivity index (χ2v) is 9.05. The van der Waals surface area contributed by atoms with Gasteiger partial charge in [-0.15, -0.1) is 11.8 Å². The molecule has 162 valence electrons. The van der Waals surface area contributed by atoms with Gasteiger partial charge in [-0.3, -0.25) is 9.59 Å². The molecule has 30 heavy (non-hydrogen) atoms. The summed E-state index contributed by atoms with van der Waals surface area (Å²) in [6.45, 7) is 4.55. The second-order valence-electron chi connectivity index (χ2n) is 6.81. The molecule has 0 spiro atoms. The van der Waals surface area contributed by atoms with E-state index >= 15 is 0 Å². The number of hydrogen-bond acceptors (Lipinski definition) is 3. The lowest BCUT2D eigenvalue weighted by Crippen LogP contribution is -2.48. The highest BCUT2D eigenvalue weighted by atomic mass is 35.5. The molecular formula is C22H25Cl3N2O2S. The van der Waals surface area contributed by atoms with Crippen LogP contribution in [-0.4, -0.2) is 35.1 Å². The molecule has 2 rings (SSSR count). The third kappa shape index (κ3) is 7.38. The van der Waals surface area contributed by atoms with E-state index in [4.69, 9.17) is 34.8 Å². The maximum atomic E-state index is 13.0. The summed E-state index contributed by atoms with van der Waals surface area (Å²) in [5, 5.41) is 4.57. The Morgan fingerprint density at radius 1 is 1.07 bits per heavy atom. The topological polar surface area (TPSA) is 49.4 Å². The Morgan fingerprint density at radius 2 is 1.80 bits per heavy atom. The number of benzene rings is 2. The molecule has 1 unspecified atom stereocenters. The molecule has 0 aliphatic rings. The highest BCUT2D eigenvalue weighted by molar-refractivity contribution is 7.99. The predicted molar refractivity (Wildman–Crippen MR) is 127 cm³/mol. The van der Waals surface area contributed by atoms with E-state index in [1.807, 2.05) is 31.2 Å². The summed E-state index contributed by atoms with van der Waals surface area (Å²) in [7, 11) is 0. The molecule has 0 saturated heterocycles. The standard InChI is InChI=1S/C22H25Cl3N2O2S/c1-3-10-26-22(29)15(2)27(12-16-6-4-5-7-19(16)24)21(28)14-30-13-17-8-9-18(23)11-20(17)25/h4-9,11,15H,3,10,12-14H2,1-2H3,(H,26,29). The van der Waals surface area contributed by atoms with Crippen LogP contribution in [0.1, 0.15) is 31.4 Å². The van der Waals surface area contributed by atoms with E-state index in [0.29, 0.717) is 27.4 Å². The van der Waals surface area contributed by atoms with E-state index in [2.05, 4.69) is 5.32 Å². The molecule has 2 aromatic carbocycles. The molecule has 0 bridgehead atoms. The van der Waals surface area contributed by atoms with Gasteiger partial charge in [0.15, 0.2) is 0 Å². The lowest BCUT2D eigenvalue weighted by molar-refractivity contribution is -0.138. The Balaban J connectivity index is 2.08. The van der Waals surface area contributed by atoms with Crippen LogP contribution in [0, 0.1) is 0 Å². The molecule has 0 aromatic heterocycles. The molecule has 0 radical (unpaired) electrons. The number of carbonyl (C=O) groups is 2. The van der Waals surface area contributed by atoms with Crippen molar-refractivity contribution < 1.29 is 9.59 Å². The monoisotopic (exact) mass is 486 g/mol. The van der Waals surface area contributed by atoms with Crippen LogP contribution < -0.4 is 5.32 Å². The van der Waals surface area contributed by atoms with Gasteiger partial charge in [0, 0.05) is 33.9 Å². The smallest absolute Gasteiger partial charge is 0.242 e. The largest absolute Gasteiger partial charge is 0.354 e. The van der Waals surface area contributed by atoms with Crippen molar-refractivity contribution in [3.05, 3.63) is 68.7 Å². The number of nitrogens with one attached hydrogen (secondary N) is 1. The van der Waals surface area contributed by atoms with Gasteiger partial charge in [-0.05, 0) is 42.7 Å². The number of amides is 2. The zero-order chi connectivity index (χ0) is 22.1. The molecule has 0 aliphatic heterocycles. The number of halogens is 3. The fourth-order valence-electron chi connectivity index (χ4n) is 2.76. The van der Waals surface area contributed by atoms with Crippen LogP contribution >= 0.6 is 46.6 Å². The van der Waals surface area contributed by atoms with E-state index in [9.17, 15) is 9.59 Å². The number of rotatable bonds is 10. The molecule has 0 saturated carbocycles. The molecular weight excluding hydrogens is 463 g/mol. The summed E-state index contributed by atoms with van der Waals surface area (Å²) < 4.78 is 0. The number of thioether (sulfide) groups is 1. The molecule has 0 aliphatic carbocycles. The molecule has 1 atom stereocenters. The van der Waals surface area contributed by atoms with Crippen LogP contribution in [0.5, 0.6) is 0 Å². The van der Waals surface area contributed by atoms with Crippen molar-refractivity contribution in [2.24, 2.45) is 0 Å². The SMILES string of the molecule is CCCNC(=O)C(C)N(Cc1ccccc1Cl)C(=O)CSCc1ccc(Cl)cc1Cl. The Kier molecular flexibility index (Phi) is 10.3. The first-order valence-electron chi connectivity index (χ1n) is 9.65. The highest BCUT2D eigenvalue weighted by Gasteiger charge is 2.26. The predicted octanol–water partition coefficient (Wildman–Crippen LogP) is 5.82. The second kappa shape index (κ2) is 12.5. The summed E-state index contributed by atoms with van der Waals surface area (Å²) in [5.74, 6) is 0.472. The fraction of sp³-hybridized carbons (Fsp3) is 0.364. The van der Waals surface area contributed by atoms with Crippen LogP contribution in [0.4, 0.5) is 0 Å². The third-order valence-corrected chi connectivity index (χ3v) is 6.44. The number of hydrogen-bond donors (Lipinski definition) is 1. The lowest BCUT2D eigenvalue weighted by atomic mass is 10.1. The molecule has 0 fully saturated rings. The minimum atomic E-state index is -0.611. The minimum Gasteiger partial charge on any atom is -0.354 e. The Labute approximate surface area is 197 Å². The summed E-state index contributed by atoms with van der Waals surface area (Å²) in [6.07, 6.45) is 0.828. The third-order valence-electron chi connectivity index (χ3n) is 4.51. The Morgan fingerprint density at radius 3 is 2.47 bits per heavy atom. The summed E-state index contributed by atoms with van der Waals surface area (Å²) >= 11 is 19.9. The first-order chi connectivity index (χ1) is 14.3. The van der Waals surface area contributed by atoms with Crippen LogP contribution in [-0.2, 0) is 21.9 Å². The lowest BCUT2D eigenvalue weighted by Gasteiger charge is -2.29. The van der Waals surface area contributed by atoms with Crippen molar-refractivity contribution >= 4 is 58.4 Å². The number of nitrogens with zero attached hydrogens (tertiary/aromatic N) is 1. The molecule has 2 amide bonds. The van der Waals surface area contributed by atoms with Gasteiger partial charge < -0.3 is 10.2 Å². The maximum Gasteiger partial charge on any atom is 0.242 e. The van der Waals surface area contributed by atoms with Crippen molar-refractivity contribution in [3.63, 3.8) is 0 Å². The summed E-state index contributed by atoms with van der Waals surface area (Å²) in [4.78, 5) is 27.1. The van der Waals surface area contributed by atoms with Gasteiger partial charge in [0.05, 0.1) is 5.75 Å². The van der Waals surface area contributed by atoms with Crippen LogP contribution in [0.2, 0.25) is 15.1 Å². The number of carbonyl (C=O) groups excluding carboxylic acids is 2. The first-order valence-corrected chi connectivity index (χ1v) is 11.9. The molecule has 4 nitrogen and oxygen atoms in total. The van der Waals surface area contributed by atoms with E-state index in [1.54, 1.807) is 30.0 Å². The van der Waals surface area contributed by atoms with E-state index in [1.165, 1.54) is 11.8 Å². The average molecular weight is 488 g/mol. The van der Waals surface area contributed by atoms with E-state index < -0.39 is 6.04 Å². The fourth-order valence-corrected chi connectivity index (χ4v) is 4.42. The molecule has 2 aromatic rings. The van der Waals surface area contributed by atoms with Crippen molar-refractivity contribution in [1.29, 1.82) is 0 Å². The Bertz CT molecular complexity index is 879.